The van der Waals surface area contributed by atoms with Gasteiger partial charge in [-0.2, -0.15) is 0 Å². The van der Waals surface area contributed by atoms with Crippen LogP contribution in [0.1, 0.15) is 27.2 Å². The Hall–Kier alpha value is -2.92. The average Bonchev–Trinajstić information content (AvgIpc) is 2.73. The monoisotopic (exact) mass is 378 g/mol. The lowest BCUT2D eigenvalue weighted by atomic mass is 10.00. The Kier molecular flexibility index (Phi) is 5.03. The summed E-state index contributed by atoms with van der Waals surface area (Å²) in [6.07, 6.45) is 0.868. The number of carbonyl (C=O) groups is 1. The van der Waals surface area contributed by atoms with Gasteiger partial charge in [-0.1, -0.05) is 54.1 Å². The summed E-state index contributed by atoms with van der Waals surface area (Å²) in [7, 11) is 0. The summed E-state index contributed by atoms with van der Waals surface area (Å²) < 4.78 is 0. The van der Waals surface area contributed by atoms with Crippen molar-refractivity contribution in [1.29, 1.82) is 0 Å². The van der Waals surface area contributed by atoms with Gasteiger partial charge >= 0.3 is 0 Å². The SMILES string of the molecule is O=C(c1ccc(NCc2ccccc2Cl)nn1)N1CCc2ccccc2C1. The average molecular weight is 379 g/mol. The van der Waals surface area contributed by atoms with Gasteiger partial charge in [0.05, 0.1) is 0 Å². The number of aromatic nitrogens is 2. The third-order valence-corrected chi connectivity index (χ3v) is 5.09. The zero-order valence-corrected chi connectivity index (χ0v) is 15.5. The number of rotatable bonds is 4. The van der Waals surface area contributed by atoms with Crippen LogP contribution in [0.15, 0.2) is 60.7 Å². The van der Waals surface area contributed by atoms with Gasteiger partial charge in [-0.05, 0) is 41.3 Å². The number of fused-ring (bicyclic) bond motifs is 1. The van der Waals surface area contributed by atoms with Crippen LogP contribution in [0, 0.1) is 0 Å². The van der Waals surface area contributed by atoms with E-state index in [-0.39, 0.29) is 5.91 Å². The maximum atomic E-state index is 12.7. The van der Waals surface area contributed by atoms with E-state index in [2.05, 4.69) is 27.6 Å². The van der Waals surface area contributed by atoms with Crippen molar-refractivity contribution >= 4 is 23.3 Å². The Balaban J connectivity index is 1.40. The van der Waals surface area contributed by atoms with Crippen LogP contribution < -0.4 is 5.32 Å². The molecule has 1 aliphatic rings. The van der Waals surface area contributed by atoms with Crippen LogP contribution in [-0.4, -0.2) is 27.5 Å². The Morgan fingerprint density at radius 3 is 2.56 bits per heavy atom. The van der Waals surface area contributed by atoms with Crippen LogP contribution in [-0.2, 0) is 19.5 Å². The number of hydrogen-bond donors (Lipinski definition) is 1. The fourth-order valence-corrected chi connectivity index (χ4v) is 3.40. The zero-order chi connectivity index (χ0) is 18.6. The van der Waals surface area contributed by atoms with Gasteiger partial charge in [0.15, 0.2) is 5.69 Å². The van der Waals surface area contributed by atoms with Crippen molar-refractivity contribution in [3.05, 3.63) is 88.1 Å². The second-order valence-corrected chi connectivity index (χ2v) is 6.90. The minimum atomic E-state index is -0.0883. The van der Waals surface area contributed by atoms with Gasteiger partial charge in [0.1, 0.15) is 5.82 Å². The molecule has 0 saturated heterocycles. The van der Waals surface area contributed by atoms with Gasteiger partial charge in [0, 0.05) is 24.7 Å². The summed E-state index contributed by atoms with van der Waals surface area (Å²) in [4.78, 5) is 14.6. The molecule has 0 fully saturated rings. The summed E-state index contributed by atoms with van der Waals surface area (Å²) in [6, 6.07) is 19.4. The molecule has 3 aromatic rings. The molecule has 1 amide bonds. The first-order chi connectivity index (χ1) is 13.2. The molecule has 1 N–H and O–H groups in total. The molecule has 6 heteroatoms. The number of amides is 1. The largest absolute Gasteiger partial charge is 0.364 e. The van der Waals surface area contributed by atoms with Crippen molar-refractivity contribution in [2.24, 2.45) is 0 Å². The van der Waals surface area contributed by atoms with Crippen molar-refractivity contribution in [3.63, 3.8) is 0 Å². The molecule has 4 rings (SSSR count). The molecule has 0 atom stereocenters. The van der Waals surface area contributed by atoms with Gasteiger partial charge in [0.25, 0.3) is 5.91 Å². The quantitative estimate of drug-likeness (QED) is 0.747. The van der Waals surface area contributed by atoms with Crippen molar-refractivity contribution < 1.29 is 4.79 Å². The predicted octanol–water partition coefficient (Wildman–Crippen LogP) is 3.94. The van der Waals surface area contributed by atoms with Gasteiger partial charge in [-0.25, -0.2) is 0 Å². The normalized spacial score (nSPS) is 13.1. The molecule has 2 aromatic carbocycles. The second-order valence-electron chi connectivity index (χ2n) is 6.49. The van der Waals surface area contributed by atoms with Crippen LogP contribution in [0.2, 0.25) is 5.02 Å². The van der Waals surface area contributed by atoms with Gasteiger partial charge < -0.3 is 10.2 Å². The first-order valence-corrected chi connectivity index (χ1v) is 9.25. The molecule has 136 valence electrons. The number of benzene rings is 2. The Bertz CT molecular complexity index is 958. The second kappa shape index (κ2) is 7.76. The van der Waals surface area contributed by atoms with E-state index < -0.39 is 0 Å². The fraction of sp³-hybridized carbons (Fsp3) is 0.190. The molecule has 0 aliphatic carbocycles. The zero-order valence-electron chi connectivity index (χ0n) is 14.7. The number of nitrogens with zero attached hydrogens (tertiary/aromatic N) is 3. The summed E-state index contributed by atoms with van der Waals surface area (Å²) in [5, 5.41) is 12.1. The van der Waals surface area contributed by atoms with E-state index in [9.17, 15) is 4.79 Å². The summed E-state index contributed by atoms with van der Waals surface area (Å²) in [5.41, 5.74) is 3.85. The van der Waals surface area contributed by atoms with E-state index >= 15 is 0 Å². The lowest BCUT2D eigenvalue weighted by Crippen LogP contribution is -2.36. The molecule has 27 heavy (non-hydrogen) atoms. The highest BCUT2D eigenvalue weighted by atomic mass is 35.5. The fourth-order valence-electron chi connectivity index (χ4n) is 3.20. The van der Waals surface area contributed by atoms with E-state index in [0.717, 1.165) is 12.0 Å². The van der Waals surface area contributed by atoms with Crippen molar-refractivity contribution in [2.75, 3.05) is 11.9 Å². The topological polar surface area (TPSA) is 58.1 Å². The van der Waals surface area contributed by atoms with E-state index in [4.69, 9.17) is 11.6 Å². The molecule has 1 aromatic heterocycles. The third-order valence-electron chi connectivity index (χ3n) is 4.72. The third kappa shape index (κ3) is 3.93. The number of nitrogens with one attached hydrogen (secondary N) is 1. The highest BCUT2D eigenvalue weighted by molar-refractivity contribution is 6.31. The van der Waals surface area contributed by atoms with Crippen molar-refractivity contribution in [3.8, 4) is 0 Å². The molecule has 0 spiro atoms. The van der Waals surface area contributed by atoms with Gasteiger partial charge in [0.2, 0.25) is 0 Å². The Morgan fingerprint density at radius 1 is 1.00 bits per heavy atom. The number of halogens is 1. The lowest BCUT2D eigenvalue weighted by Gasteiger charge is -2.28. The van der Waals surface area contributed by atoms with Crippen LogP contribution in [0.25, 0.3) is 0 Å². The van der Waals surface area contributed by atoms with Crippen LogP contribution in [0.4, 0.5) is 5.82 Å². The Labute approximate surface area is 163 Å². The molecular weight excluding hydrogens is 360 g/mol. The molecule has 0 radical (unpaired) electrons. The lowest BCUT2D eigenvalue weighted by molar-refractivity contribution is 0.0727. The molecule has 2 heterocycles. The standard InChI is InChI=1S/C21H19ClN4O/c22-18-8-4-3-6-16(18)13-23-20-10-9-19(24-25-20)21(27)26-12-11-15-5-1-2-7-17(15)14-26/h1-10H,11-14H2,(H,23,25). The first-order valence-electron chi connectivity index (χ1n) is 8.88. The molecule has 1 aliphatic heterocycles. The van der Waals surface area contributed by atoms with E-state index in [1.807, 2.05) is 41.3 Å². The number of hydrogen-bond acceptors (Lipinski definition) is 4. The first kappa shape index (κ1) is 17.5. The van der Waals surface area contributed by atoms with Crippen LogP contribution in [0.5, 0.6) is 0 Å². The molecule has 5 nitrogen and oxygen atoms in total. The van der Waals surface area contributed by atoms with Gasteiger partial charge in [-0.15, -0.1) is 10.2 Å². The minimum absolute atomic E-state index is 0.0883. The van der Waals surface area contributed by atoms with E-state index in [1.54, 1.807) is 12.1 Å². The maximum absolute atomic E-state index is 12.7. The van der Waals surface area contributed by atoms with Crippen molar-refractivity contribution in [2.45, 2.75) is 19.5 Å². The minimum Gasteiger partial charge on any atom is -0.364 e. The molecule has 0 saturated carbocycles. The van der Waals surface area contributed by atoms with Gasteiger partial charge in [-0.3, -0.25) is 4.79 Å². The highest BCUT2D eigenvalue weighted by Crippen LogP contribution is 2.20. The van der Waals surface area contributed by atoms with Crippen LogP contribution >= 0.6 is 11.6 Å². The molecule has 0 unspecified atom stereocenters. The number of carbonyl (C=O) groups excluding carboxylic acids is 1. The summed E-state index contributed by atoms with van der Waals surface area (Å²) in [5.74, 6) is 0.519. The van der Waals surface area contributed by atoms with Crippen molar-refractivity contribution in [1.82, 2.24) is 15.1 Å². The van der Waals surface area contributed by atoms with E-state index in [1.165, 1.54) is 11.1 Å². The summed E-state index contributed by atoms with van der Waals surface area (Å²) in [6.45, 7) is 1.86. The molecule has 0 bridgehead atoms. The van der Waals surface area contributed by atoms with Crippen LogP contribution in [0.3, 0.4) is 0 Å². The Morgan fingerprint density at radius 2 is 1.78 bits per heavy atom. The number of anilines is 1. The molecular formula is C21H19ClN4O. The maximum Gasteiger partial charge on any atom is 0.274 e. The smallest absolute Gasteiger partial charge is 0.274 e. The summed E-state index contributed by atoms with van der Waals surface area (Å²) >= 11 is 6.15. The highest BCUT2D eigenvalue weighted by Gasteiger charge is 2.22. The van der Waals surface area contributed by atoms with E-state index in [0.29, 0.717) is 36.2 Å². The predicted molar refractivity (Wildman–Crippen MR) is 106 cm³/mol.